The lowest BCUT2D eigenvalue weighted by molar-refractivity contribution is -0.166. The minimum atomic E-state index is -1.62. The zero-order valence-electron chi connectivity index (χ0n) is 33.0. The number of hydrogen-bond donors (Lipinski definition) is 1. The molecule has 2 unspecified atom stereocenters. The number of amides is 1. The van der Waals surface area contributed by atoms with Crippen LogP contribution in [0, 0.1) is 0 Å². The Kier molecular flexibility index (Phi) is 14.1. The molecule has 12 heteroatoms. The lowest BCUT2D eigenvalue weighted by Gasteiger charge is -2.50. The van der Waals surface area contributed by atoms with Crippen LogP contribution >= 0.6 is 0 Å². The molecule has 0 radical (unpaired) electrons. The molecule has 1 N–H and O–H groups in total. The van der Waals surface area contributed by atoms with E-state index >= 15 is 0 Å². The molecule has 12 nitrogen and oxygen atoms in total. The molecule has 1 heterocycles. The molecule has 1 aliphatic rings. The number of nitrogens with zero attached hydrogens (tertiary/aromatic N) is 1. The highest BCUT2D eigenvalue weighted by Gasteiger charge is 2.54. The maximum Gasteiger partial charge on any atom is 0.344 e. The fourth-order valence-electron chi connectivity index (χ4n) is 7.45. The summed E-state index contributed by atoms with van der Waals surface area (Å²) in [5.74, 6) is -0.592. The number of hydrogen-bond acceptors (Lipinski definition) is 10. The van der Waals surface area contributed by atoms with Gasteiger partial charge in [-0.25, -0.2) is 9.59 Å². The van der Waals surface area contributed by atoms with Gasteiger partial charge in [0.2, 0.25) is 11.7 Å². The highest BCUT2D eigenvalue weighted by Crippen LogP contribution is 2.47. The number of esters is 1. The van der Waals surface area contributed by atoms with Crippen LogP contribution in [0.1, 0.15) is 88.3 Å². The first-order valence-corrected chi connectivity index (χ1v) is 18.3. The summed E-state index contributed by atoms with van der Waals surface area (Å²) in [6.45, 7) is 7.18. The van der Waals surface area contributed by atoms with Crippen LogP contribution in [0.4, 0.5) is 0 Å². The maximum atomic E-state index is 15.0. The number of rotatable bonds is 17. The number of carboxylic acid groups (broad SMARTS) is 1. The minimum absolute atomic E-state index is 0.235. The normalized spacial score (nSPS) is 16.8. The van der Waals surface area contributed by atoms with E-state index in [2.05, 4.69) is 0 Å². The number of ether oxygens (including phenoxy) is 7. The zero-order valence-corrected chi connectivity index (χ0v) is 33.0. The second-order valence-corrected chi connectivity index (χ2v) is 14.3. The van der Waals surface area contributed by atoms with Crippen LogP contribution in [0.2, 0.25) is 0 Å². The molecule has 3 atom stereocenters. The number of piperidine rings is 1. The van der Waals surface area contributed by atoms with E-state index in [1.54, 1.807) is 70.2 Å². The van der Waals surface area contributed by atoms with Gasteiger partial charge >= 0.3 is 11.9 Å². The van der Waals surface area contributed by atoms with Gasteiger partial charge in [0.1, 0.15) is 16.9 Å². The summed E-state index contributed by atoms with van der Waals surface area (Å²) in [7, 11) is 7.67. The Labute approximate surface area is 318 Å². The Morgan fingerprint density at radius 2 is 1.48 bits per heavy atom. The van der Waals surface area contributed by atoms with Crippen molar-refractivity contribution < 1.29 is 52.6 Å². The standard InChI is InChI=1S/C42H55NO11/c1-10-31(29-24-35(50-7)38(52-9)36(25-29)51-8)39(45)43-21-12-11-20-42(43,40(46)47)32(18-16-27-17-19-33(48-5)34(22-27)49-6)28-14-13-15-30(23-28)53-26-37(44)54-41(2,3)4/h13-15,17,19,22-25,31-32H,10-12,16,18,20-21,26H2,1-9H3,(H,46,47)/t31?,32?,42-/m0/s1. The lowest BCUT2D eigenvalue weighted by atomic mass is 9.69. The summed E-state index contributed by atoms with van der Waals surface area (Å²) in [4.78, 5) is 43.1. The summed E-state index contributed by atoms with van der Waals surface area (Å²) in [5, 5.41) is 11.4. The number of aryl methyl sites for hydroxylation is 1. The molecule has 1 aliphatic heterocycles. The Morgan fingerprint density at radius 1 is 0.815 bits per heavy atom. The lowest BCUT2D eigenvalue weighted by Crippen LogP contribution is -2.63. The third-order valence-corrected chi connectivity index (χ3v) is 9.89. The van der Waals surface area contributed by atoms with E-state index in [1.807, 2.05) is 31.2 Å². The van der Waals surface area contributed by atoms with Crippen molar-refractivity contribution in [3.05, 3.63) is 71.3 Å². The van der Waals surface area contributed by atoms with Crippen LogP contribution in [0.15, 0.2) is 54.6 Å². The molecule has 54 heavy (non-hydrogen) atoms. The monoisotopic (exact) mass is 749 g/mol. The molecule has 1 fully saturated rings. The number of aliphatic carboxylic acids is 1. The molecule has 4 rings (SSSR count). The maximum absolute atomic E-state index is 15.0. The SMILES string of the molecule is CCC(C(=O)N1CCCC[C@@]1(C(=O)O)C(CCc1ccc(OC)c(OC)c1)c1cccc(OCC(=O)OC(C)(C)C)c1)c1cc(OC)c(OC)c(OC)c1. The molecular formula is C42H55NO11. The van der Waals surface area contributed by atoms with Crippen molar-refractivity contribution in [2.24, 2.45) is 0 Å². The Morgan fingerprint density at radius 3 is 2.06 bits per heavy atom. The third kappa shape index (κ3) is 9.32. The zero-order chi connectivity index (χ0) is 39.6. The van der Waals surface area contributed by atoms with Gasteiger partial charge < -0.3 is 43.2 Å². The van der Waals surface area contributed by atoms with Gasteiger partial charge in [-0.3, -0.25) is 4.79 Å². The summed E-state index contributed by atoms with van der Waals surface area (Å²) in [6.07, 6.45) is 2.72. The summed E-state index contributed by atoms with van der Waals surface area (Å²) >= 11 is 0. The number of carbonyl (C=O) groups excluding carboxylic acids is 2. The second-order valence-electron chi connectivity index (χ2n) is 14.3. The molecule has 0 saturated carbocycles. The molecule has 1 saturated heterocycles. The fourth-order valence-corrected chi connectivity index (χ4v) is 7.45. The predicted octanol–water partition coefficient (Wildman–Crippen LogP) is 7.20. The van der Waals surface area contributed by atoms with Gasteiger partial charge in [0.25, 0.3) is 0 Å². The number of benzene rings is 3. The van der Waals surface area contributed by atoms with Gasteiger partial charge in [0.15, 0.2) is 29.6 Å². The molecule has 0 spiro atoms. The van der Waals surface area contributed by atoms with Crippen molar-refractivity contribution in [3.8, 4) is 34.5 Å². The number of carboxylic acids is 1. The van der Waals surface area contributed by atoms with Gasteiger partial charge in [-0.1, -0.05) is 25.1 Å². The van der Waals surface area contributed by atoms with Gasteiger partial charge in [-0.2, -0.15) is 0 Å². The smallest absolute Gasteiger partial charge is 0.344 e. The number of methoxy groups -OCH3 is 5. The predicted molar refractivity (Wildman–Crippen MR) is 203 cm³/mol. The molecule has 3 aromatic rings. The van der Waals surface area contributed by atoms with Crippen molar-refractivity contribution in [1.82, 2.24) is 4.90 Å². The topological polar surface area (TPSA) is 139 Å². The first-order valence-electron chi connectivity index (χ1n) is 18.3. The number of likely N-dealkylation sites (tertiary alicyclic amines) is 1. The quantitative estimate of drug-likeness (QED) is 0.140. The number of carbonyl (C=O) groups is 3. The van der Waals surface area contributed by atoms with Crippen LogP contribution in [-0.4, -0.2) is 87.7 Å². The van der Waals surface area contributed by atoms with E-state index in [-0.39, 0.29) is 25.5 Å². The molecule has 3 aromatic carbocycles. The Bertz CT molecular complexity index is 1740. The van der Waals surface area contributed by atoms with E-state index in [9.17, 15) is 19.5 Å². The van der Waals surface area contributed by atoms with Gasteiger partial charge in [0.05, 0.1) is 41.5 Å². The van der Waals surface area contributed by atoms with Crippen molar-refractivity contribution in [1.29, 1.82) is 0 Å². The first kappa shape index (κ1) is 41.6. The van der Waals surface area contributed by atoms with Crippen LogP contribution < -0.4 is 28.4 Å². The molecule has 0 bridgehead atoms. The van der Waals surface area contributed by atoms with Crippen LogP contribution in [0.3, 0.4) is 0 Å². The van der Waals surface area contributed by atoms with Crippen LogP contribution in [0.25, 0.3) is 0 Å². The highest BCUT2D eigenvalue weighted by atomic mass is 16.6. The van der Waals surface area contributed by atoms with Crippen LogP contribution in [0.5, 0.6) is 34.5 Å². The van der Waals surface area contributed by atoms with Crippen LogP contribution in [-0.2, 0) is 25.5 Å². The van der Waals surface area contributed by atoms with E-state index in [1.165, 1.54) is 21.3 Å². The van der Waals surface area contributed by atoms with Gasteiger partial charge in [-0.15, -0.1) is 0 Å². The van der Waals surface area contributed by atoms with Crippen molar-refractivity contribution in [2.75, 3.05) is 48.7 Å². The first-order chi connectivity index (χ1) is 25.8. The van der Waals surface area contributed by atoms with Crippen molar-refractivity contribution >= 4 is 17.8 Å². The highest BCUT2D eigenvalue weighted by molar-refractivity contribution is 5.92. The Balaban J connectivity index is 1.83. The summed E-state index contributed by atoms with van der Waals surface area (Å²) < 4.78 is 39.1. The van der Waals surface area contributed by atoms with E-state index < -0.39 is 34.9 Å². The Hall–Kier alpha value is -5.13. The van der Waals surface area contributed by atoms with E-state index in [4.69, 9.17) is 33.2 Å². The van der Waals surface area contributed by atoms with Gasteiger partial charge in [0, 0.05) is 12.5 Å². The molecule has 1 amide bonds. The van der Waals surface area contributed by atoms with E-state index in [0.717, 1.165) is 5.56 Å². The van der Waals surface area contributed by atoms with Crippen molar-refractivity contribution in [2.45, 2.75) is 89.2 Å². The molecule has 0 aliphatic carbocycles. The summed E-state index contributed by atoms with van der Waals surface area (Å²) in [5.41, 5.74) is -0.0979. The molecular weight excluding hydrogens is 694 g/mol. The molecule has 294 valence electrons. The largest absolute Gasteiger partial charge is 0.493 e. The molecule has 0 aromatic heterocycles. The third-order valence-electron chi connectivity index (χ3n) is 9.89. The average Bonchev–Trinajstić information content (AvgIpc) is 3.16. The fraction of sp³-hybridized carbons (Fsp3) is 0.500. The average molecular weight is 750 g/mol. The van der Waals surface area contributed by atoms with E-state index in [0.29, 0.717) is 77.7 Å². The summed E-state index contributed by atoms with van der Waals surface area (Å²) in [6, 6.07) is 16.2. The van der Waals surface area contributed by atoms with Gasteiger partial charge in [-0.05, 0) is 112 Å². The van der Waals surface area contributed by atoms with Crippen molar-refractivity contribution in [3.63, 3.8) is 0 Å². The minimum Gasteiger partial charge on any atom is -0.493 e. The second kappa shape index (κ2) is 18.3.